The second-order valence-corrected chi connectivity index (χ2v) is 2.73. The van der Waals surface area contributed by atoms with Gasteiger partial charge in [-0.05, 0) is 12.2 Å². The third kappa shape index (κ3) is 6.15. The molecule has 0 aromatic carbocycles. The molecule has 0 saturated heterocycles. The summed E-state index contributed by atoms with van der Waals surface area (Å²) < 4.78 is 0. The molecule has 1 heterocycles. The molecule has 0 unspecified atom stereocenters. The largest absolute Gasteiger partial charge is 0.348 e. The molecule has 4 nitrogen and oxygen atoms in total. The minimum atomic E-state index is 0.0448. The summed E-state index contributed by atoms with van der Waals surface area (Å²) in [6, 6.07) is 0. The fraction of sp³-hybridized carbons (Fsp3) is 0.182. The van der Waals surface area contributed by atoms with Crippen LogP contribution >= 0.6 is 0 Å². The van der Waals surface area contributed by atoms with E-state index in [2.05, 4.69) is 15.2 Å². The molecule has 0 N–H and O–H groups in total. The average Bonchev–Trinajstić information content (AvgIpc) is 2.24. The molecule has 78 valence electrons. The Morgan fingerprint density at radius 3 is 2.93 bits per heavy atom. The van der Waals surface area contributed by atoms with Gasteiger partial charge >= 0.3 is 0 Å². The first-order valence-electron chi connectivity index (χ1n) is 4.60. The molecule has 0 aliphatic carbocycles. The fourth-order valence-electron chi connectivity index (χ4n) is 0.865. The van der Waals surface area contributed by atoms with Crippen molar-refractivity contribution in [3.8, 4) is 0 Å². The lowest BCUT2D eigenvalue weighted by Gasteiger charge is -1.87. The van der Waals surface area contributed by atoms with Crippen LogP contribution in [0.5, 0.6) is 0 Å². The Kier molecular flexibility index (Phi) is 5.51. The number of ketones is 1. The smallest absolute Gasteiger partial charge is 0.159 e. The average molecular weight is 204 g/mol. The van der Waals surface area contributed by atoms with Gasteiger partial charge in [0.25, 0.3) is 0 Å². The Bertz CT molecular complexity index is 338. The van der Waals surface area contributed by atoms with E-state index in [1.54, 1.807) is 30.4 Å². The summed E-state index contributed by atoms with van der Waals surface area (Å²) in [4.78, 5) is 15.9. The van der Waals surface area contributed by atoms with Crippen molar-refractivity contribution in [2.75, 3.05) is 6.54 Å². The van der Waals surface area contributed by atoms with Gasteiger partial charge in [-0.1, -0.05) is 30.4 Å². The molecule has 1 aliphatic rings. The van der Waals surface area contributed by atoms with Crippen LogP contribution in [0.4, 0.5) is 0 Å². The standard InChI is InChI=1S/C11H12N2O2/c14-11-7-4-2-1-3-5-10-15-13-12-9-6-8-11/h1-6,8,10H,7,9H2/b3-1+,4-2+,8-6+,10-5-,13-12+. The number of carbonyl (C=O) groups is 1. The first kappa shape index (κ1) is 11.1. The van der Waals surface area contributed by atoms with E-state index >= 15 is 0 Å². The van der Waals surface area contributed by atoms with Crippen LogP contribution in [0.25, 0.3) is 0 Å². The number of hydrogen-bond acceptors (Lipinski definition) is 4. The maximum atomic E-state index is 11.2. The highest BCUT2D eigenvalue weighted by Crippen LogP contribution is 1.92. The maximum Gasteiger partial charge on any atom is 0.159 e. The molecule has 0 bridgehead atoms. The van der Waals surface area contributed by atoms with E-state index in [9.17, 15) is 4.79 Å². The van der Waals surface area contributed by atoms with Crippen LogP contribution in [-0.4, -0.2) is 12.3 Å². The van der Waals surface area contributed by atoms with Crippen molar-refractivity contribution in [2.45, 2.75) is 6.42 Å². The summed E-state index contributed by atoms with van der Waals surface area (Å²) in [7, 11) is 0. The molecule has 0 radical (unpaired) electrons. The number of allylic oxidation sites excluding steroid dienone is 6. The van der Waals surface area contributed by atoms with Crippen LogP contribution in [0.15, 0.2) is 59.2 Å². The highest BCUT2D eigenvalue weighted by atomic mass is 16.6. The number of carbonyl (C=O) groups excluding carboxylic acids is 1. The topological polar surface area (TPSA) is 51.0 Å². The molecule has 0 spiro atoms. The first-order valence-corrected chi connectivity index (χ1v) is 4.60. The van der Waals surface area contributed by atoms with Gasteiger partial charge in [-0.3, -0.25) is 4.79 Å². The van der Waals surface area contributed by atoms with E-state index < -0.39 is 0 Å². The summed E-state index contributed by atoms with van der Waals surface area (Å²) in [6.07, 6.45) is 13.8. The van der Waals surface area contributed by atoms with E-state index in [1.165, 1.54) is 12.3 Å². The lowest BCUT2D eigenvalue weighted by Crippen LogP contribution is -1.89. The molecule has 0 atom stereocenters. The Morgan fingerprint density at radius 1 is 1.13 bits per heavy atom. The lowest BCUT2D eigenvalue weighted by molar-refractivity contribution is -0.113. The van der Waals surface area contributed by atoms with Gasteiger partial charge in [0.1, 0.15) is 6.26 Å². The number of nitrogens with zero attached hydrogens (tertiary/aromatic N) is 2. The van der Waals surface area contributed by atoms with Gasteiger partial charge in [0.05, 0.1) is 6.54 Å². The van der Waals surface area contributed by atoms with Gasteiger partial charge in [0, 0.05) is 11.7 Å². The zero-order valence-electron chi connectivity index (χ0n) is 8.24. The quantitative estimate of drug-likeness (QED) is 0.608. The van der Waals surface area contributed by atoms with Crippen LogP contribution in [0.3, 0.4) is 0 Å². The normalized spacial score (nSPS) is 28.1. The number of rotatable bonds is 0. The highest BCUT2D eigenvalue weighted by Gasteiger charge is 1.90. The van der Waals surface area contributed by atoms with Crippen molar-refractivity contribution in [3.63, 3.8) is 0 Å². The van der Waals surface area contributed by atoms with Crippen molar-refractivity contribution in [1.29, 1.82) is 0 Å². The zero-order chi connectivity index (χ0) is 10.8. The van der Waals surface area contributed by atoms with Gasteiger partial charge in [-0.2, -0.15) is 0 Å². The molecule has 1 rings (SSSR count). The van der Waals surface area contributed by atoms with Gasteiger partial charge < -0.3 is 4.84 Å². The summed E-state index contributed by atoms with van der Waals surface area (Å²) >= 11 is 0. The van der Waals surface area contributed by atoms with Gasteiger partial charge in [-0.15, -0.1) is 5.11 Å². The molecule has 0 aromatic heterocycles. The third-order valence-electron chi connectivity index (χ3n) is 1.52. The molecule has 0 amide bonds. The van der Waals surface area contributed by atoms with E-state index in [0.29, 0.717) is 13.0 Å². The van der Waals surface area contributed by atoms with E-state index in [1.807, 2.05) is 6.08 Å². The van der Waals surface area contributed by atoms with Crippen molar-refractivity contribution < 1.29 is 9.63 Å². The molecule has 0 fully saturated rings. The monoisotopic (exact) mass is 204 g/mol. The Morgan fingerprint density at radius 2 is 2.00 bits per heavy atom. The van der Waals surface area contributed by atoms with Gasteiger partial charge in [-0.25, -0.2) is 0 Å². The summed E-state index contributed by atoms with van der Waals surface area (Å²) in [5.41, 5.74) is 0. The van der Waals surface area contributed by atoms with E-state index in [-0.39, 0.29) is 5.78 Å². The van der Waals surface area contributed by atoms with Gasteiger partial charge in [0.2, 0.25) is 0 Å². The minimum absolute atomic E-state index is 0.0448. The molecular weight excluding hydrogens is 192 g/mol. The van der Waals surface area contributed by atoms with E-state index in [4.69, 9.17) is 0 Å². The van der Waals surface area contributed by atoms with Crippen molar-refractivity contribution in [2.24, 2.45) is 10.4 Å². The molecule has 1 aliphatic heterocycles. The Labute approximate surface area is 88.3 Å². The lowest BCUT2D eigenvalue weighted by atomic mass is 10.2. The summed E-state index contributed by atoms with van der Waals surface area (Å²) in [5.74, 6) is 0.0448. The SMILES string of the molecule is O=C1/C=C/C/N=N/O\C=C/C=C/C=C/C1. The predicted molar refractivity (Wildman–Crippen MR) is 57.0 cm³/mol. The van der Waals surface area contributed by atoms with Gasteiger partial charge in [0.15, 0.2) is 5.78 Å². The Balaban J connectivity index is 2.59. The third-order valence-corrected chi connectivity index (χ3v) is 1.52. The Hall–Kier alpha value is -1.97. The predicted octanol–water partition coefficient (Wildman–Crippen LogP) is 2.53. The minimum Gasteiger partial charge on any atom is -0.348 e. The second-order valence-electron chi connectivity index (χ2n) is 2.73. The van der Waals surface area contributed by atoms with Crippen molar-refractivity contribution in [1.82, 2.24) is 0 Å². The van der Waals surface area contributed by atoms with Crippen LogP contribution in [0.2, 0.25) is 0 Å². The van der Waals surface area contributed by atoms with Crippen molar-refractivity contribution >= 4 is 5.78 Å². The van der Waals surface area contributed by atoms with Crippen LogP contribution in [0.1, 0.15) is 6.42 Å². The summed E-state index contributed by atoms with van der Waals surface area (Å²) in [5, 5.41) is 7.07. The van der Waals surface area contributed by atoms with Crippen LogP contribution in [0, 0.1) is 0 Å². The molecule has 0 aromatic rings. The van der Waals surface area contributed by atoms with E-state index in [0.717, 1.165) is 0 Å². The number of hydrogen-bond donors (Lipinski definition) is 0. The van der Waals surface area contributed by atoms with Crippen molar-refractivity contribution in [3.05, 3.63) is 48.8 Å². The second kappa shape index (κ2) is 7.44. The molecular formula is C11H12N2O2. The highest BCUT2D eigenvalue weighted by molar-refractivity contribution is 5.90. The van der Waals surface area contributed by atoms with Crippen LogP contribution < -0.4 is 0 Å². The maximum absolute atomic E-state index is 11.2. The molecule has 4 heteroatoms. The first-order chi connectivity index (χ1) is 7.39. The molecule has 0 saturated carbocycles. The van der Waals surface area contributed by atoms with Crippen LogP contribution in [-0.2, 0) is 9.63 Å². The molecule has 15 heavy (non-hydrogen) atoms. The summed E-state index contributed by atoms with van der Waals surface area (Å²) in [6.45, 7) is 0.346. The zero-order valence-corrected chi connectivity index (χ0v) is 8.24. The fourth-order valence-corrected chi connectivity index (χ4v) is 0.865.